The van der Waals surface area contributed by atoms with Gasteiger partial charge in [-0.25, -0.2) is 4.79 Å². The average molecular weight is 241 g/mol. The van der Waals surface area contributed by atoms with Crippen molar-refractivity contribution >= 4 is 6.03 Å². The number of likely N-dealkylation sites (tertiary alicyclic amines) is 1. The van der Waals surface area contributed by atoms with Crippen LogP contribution < -0.4 is 5.73 Å². The molecule has 1 rings (SSSR count). The Morgan fingerprint density at radius 2 is 2.24 bits per heavy atom. The Bertz CT molecular complexity index is 243. The fraction of sp³-hybridized carbons (Fsp3) is 0.923. The summed E-state index contributed by atoms with van der Waals surface area (Å²) in [4.78, 5) is 16.4. The lowest BCUT2D eigenvalue weighted by atomic mass is 10.0. The van der Waals surface area contributed by atoms with Gasteiger partial charge in [-0.3, -0.25) is 0 Å². The Balaban J connectivity index is 2.56. The monoisotopic (exact) mass is 241 g/mol. The fourth-order valence-electron chi connectivity index (χ4n) is 2.38. The zero-order chi connectivity index (χ0) is 12.8. The molecule has 100 valence electrons. The molecule has 2 N–H and O–H groups in total. The predicted octanol–water partition coefficient (Wildman–Crippen LogP) is 1.90. The highest BCUT2D eigenvalue weighted by Gasteiger charge is 2.26. The molecule has 0 aromatic carbocycles. The van der Waals surface area contributed by atoms with Crippen LogP contribution in [0.5, 0.6) is 0 Å². The molecule has 0 aliphatic carbocycles. The van der Waals surface area contributed by atoms with Crippen molar-refractivity contribution in [3.8, 4) is 0 Å². The SMILES string of the molecule is CC1CCCN(C(=O)N(CCCN)C(C)C)C1. The summed E-state index contributed by atoms with van der Waals surface area (Å²) in [6.45, 7) is 9.60. The van der Waals surface area contributed by atoms with Crippen LogP contribution in [-0.2, 0) is 0 Å². The van der Waals surface area contributed by atoms with Crippen molar-refractivity contribution in [2.24, 2.45) is 11.7 Å². The van der Waals surface area contributed by atoms with Crippen LogP contribution in [0.1, 0.15) is 40.0 Å². The van der Waals surface area contributed by atoms with Crippen molar-refractivity contribution in [3.63, 3.8) is 0 Å². The molecule has 2 amide bonds. The number of piperidine rings is 1. The van der Waals surface area contributed by atoms with E-state index in [-0.39, 0.29) is 12.1 Å². The average Bonchev–Trinajstić information content (AvgIpc) is 2.29. The van der Waals surface area contributed by atoms with E-state index in [1.807, 2.05) is 9.80 Å². The molecule has 0 saturated carbocycles. The van der Waals surface area contributed by atoms with Gasteiger partial charge in [-0.15, -0.1) is 0 Å². The highest BCUT2D eigenvalue weighted by atomic mass is 16.2. The third-order valence-corrected chi connectivity index (χ3v) is 3.40. The van der Waals surface area contributed by atoms with Crippen LogP contribution in [0.3, 0.4) is 0 Å². The maximum atomic E-state index is 12.4. The minimum absolute atomic E-state index is 0.194. The lowest BCUT2D eigenvalue weighted by Gasteiger charge is -2.37. The smallest absolute Gasteiger partial charge is 0.320 e. The van der Waals surface area contributed by atoms with Crippen LogP contribution in [0, 0.1) is 5.92 Å². The minimum Gasteiger partial charge on any atom is -0.330 e. The summed E-state index contributed by atoms with van der Waals surface area (Å²) < 4.78 is 0. The molecule has 0 radical (unpaired) electrons. The first kappa shape index (κ1) is 14.3. The van der Waals surface area contributed by atoms with Gasteiger partial charge in [-0.1, -0.05) is 6.92 Å². The Kier molecular flexibility index (Phi) is 5.75. The molecule has 1 aliphatic heterocycles. The van der Waals surface area contributed by atoms with Crippen molar-refractivity contribution in [2.75, 3.05) is 26.2 Å². The first-order valence-electron chi connectivity index (χ1n) is 6.82. The van der Waals surface area contributed by atoms with E-state index in [4.69, 9.17) is 5.73 Å². The molecule has 1 unspecified atom stereocenters. The van der Waals surface area contributed by atoms with Crippen LogP contribution in [0.4, 0.5) is 4.79 Å². The van der Waals surface area contributed by atoms with Gasteiger partial charge >= 0.3 is 6.03 Å². The van der Waals surface area contributed by atoms with E-state index < -0.39 is 0 Å². The summed E-state index contributed by atoms with van der Waals surface area (Å²) in [7, 11) is 0. The third kappa shape index (κ3) is 4.19. The van der Waals surface area contributed by atoms with Gasteiger partial charge in [0, 0.05) is 25.7 Å². The number of amides is 2. The molecule has 0 spiro atoms. The number of rotatable bonds is 4. The molecule has 4 nitrogen and oxygen atoms in total. The van der Waals surface area contributed by atoms with E-state index in [1.54, 1.807) is 0 Å². The van der Waals surface area contributed by atoms with E-state index in [1.165, 1.54) is 6.42 Å². The first-order valence-corrected chi connectivity index (χ1v) is 6.82. The molecule has 0 bridgehead atoms. The van der Waals surface area contributed by atoms with Crippen molar-refractivity contribution in [1.82, 2.24) is 9.80 Å². The largest absolute Gasteiger partial charge is 0.330 e. The number of urea groups is 1. The number of hydrogen-bond donors (Lipinski definition) is 1. The normalized spacial score (nSPS) is 20.8. The molecule has 0 aromatic rings. The Morgan fingerprint density at radius 1 is 1.53 bits per heavy atom. The molecule has 4 heteroatoms. The van der Waals surface area contributed by atoms with E-state index in [9.17, 15) is 4.79 Å². The molecule has 0 aromatic heterocycles. The lowest BCUT2D eigenvalue weighted by molar-refractivity contribution is 0.120. The quantitative estimate of drug-likeness (QED) is 0.817. The van der Waals surface area contributed by atoms with Crippen LogP contribution in [-0.4, -0.2) is 48.1 Å². The number of hydrogen-bond acceptors (Lipinski definition) is 2. The minimum atomic E-state index is 0.194. The zero-order valence-electron chi connectivity index (χ0n) is 11.5. The fourth-order valence-corrected chi connectivity index (χ4v) is 2.38. The summed E-state index contributed by atoms with van der Waals surface area (Å²) in [5, 5.41) is 0. The predicted molar refractivity (Wildman–Crippen MR) is 70.9 cm³/mol. The maximum absolute atomic E-state index is 12.4. The second-order valence-electron chi connectivity index (χ2n) is 5.41. The van der Waals surface area contributed by atoms with Gasteiger partial charge in [-0.2, -0.15) is 0 Å². The summed E-state index contributed by atoms with van der Waals surface area (Å²) in [6, 6.07) is 0.450. The molecule has 1 fully saturated rings. The Morgan fingerprint density at radius 3 is 2.76 bits per heavy atom. The van der Waals surface area contributed by atoms with Gasteiger partial charge in [0.2, 0.25) is 0 Å². The standard InChI is InChI=1S/C13H27N3O/c1-11(2)16(9-5-7-14)13(17)15-8-4-6-12(3)10-15/h11-12H,4-10,14H2,1-3H3. The van der Waals surface area contributed by atoms with Crippen molar-refractivity contribution in [3.05, 3.63) is 0 Å². The highest BCUT2D eigenvalue weighted by Crippen LogP contribution is 2.17. The van der Waals surface area contributed by atoms with Crippen molar-refractivity contribution < 1.29 is 4.79 Å². The molecular formula is C13H27N3O. The van der Waals surface area contributed by atoms with Gasteiger partial charge in [0.25, 0.3) is 0 Å². The zero-order valence-corrected chi connectivity index (χ0v) is 11.5. The van der Waals surface area contributed by atoms with Crippen LogP contribution >= 0.6 is 0 Å². The van der Waals surface area contributed by atoms with Gasteiger partial charge in [-0.05, 0) is 45.6 Å². The Labute approximate surface area is 105 Å². The van der Waals surface area contributed by atoms with Gasteiger partial charge < -0.3 is 15.5 Å². The second-order valence-corrected chi connectivity index (χ2v) is 5.41. The summed E-state index contributed by atoms with van der Waals surface area (Å²) >= 11 is 0. The third-order valence-electron chi connectivity index (χ3n) is 3.40. The molecular weight excluding hydrogens is 214 g/mol. The lowest BCUT2D eigenvalue weighted by Crippen LogP contribution is -2.50. The highest BCUT2D eigenvalue weighted by molar-refractivity contribution is 5.74. The second kappa shape index (κ2) is 6.84. The molecule has 1 saturated heterocycles. The molecule has 1 heterocycles. The maximum Gasteiger partial charge on any atom is 0.320 e. The number of carbonyl (C=O) groups excluding carboxylic acids is 1. The first-order chi connectivity index (χ1) is 8.06. The topological polar surface area (TPSA) is 49.6 Å². The number of carbonyl (C=O) groups is 1. The van der Waals surface area contributed by atoms with Gasteiger partial charge in [0.05, 0.1) is 0 Å². The van der Waals surface area contributed by atoms with E-state index >= 15 is 0 Å². The Hall–Kier alpha value is -0.770. The van der Waals surface area contributed by atoms with E-state index in [0.29, 0.717) is 12.5 Å². The summed E-state index contributed by atoms with van der Waals surface area (Å²) in [5.41, 5.74) is 5.53. The van der Waals surface area contributed by atoms with Gasteiger partial charge in [0.15, 0.2) is 0 Å². The number of nitrogens with two attached hydrogens (primary N) is 1. The van der Waals surface area contributed by atoms with E-state index in [0.717, 1.165) is 32.5 Å². The summed E-state index contributed by atoms with van der Waals surface area (Å²) in [5.74, 6) is 0.635. The molecule has 1 aliphatic rings. The van der Waals surface area contributed by atoms with Gasteiger partial charge in [0.1, 0.15) is 0 Å². The van der Waals surface area contributed by atoms with Crippen LogP contribution in [0.2, 0.25) is 0 Å². The van der Waals surface area contributed by atoms with Crippen molar-refractivity contribution in [2.45, 2.75) is 46.1 Å². The van der Waals surface area contributed by atoms with E-state index in [2.05, 4.69) is 20.8 Å². The van der Waals surface area contributed by atoms with Crippen molar-refractivity contribution in [1.29, 1.82) is 0 Å². The number of nitrogens with zero attached hydrogens (tertiary/aromatic N) is 2. The van der Waals surface area contributed by atoms with Crippen LogP contribution in [0.25, 0.3) is 0 Å². The summed E-state index contributed by atoms with van der Waals surface area (Å²) in [6.07, 6.45) is 3.26. The molecule has 17 heavy (non-hydrogen) atoms. The molecule has 1 atom stereocenters. The van der Waals surface area contributed by atoms with Crippen LogP contribution in [0.15, 0.2) is 0 Å².